The molecule has 0 amide bonds. The normalized spacial score (nSPS) is 17.2. The van der Waals surface area contributed by atoms with Gasteiger partial charge < -0.3 is 10.4 Å². The van der Waals surface area contributed by atoms with E-state index < -0.39 is 38.1 Å². The quantitative estimate of drug-likeness (QED) is 0.523. The fourth-order valence-electron chi connectivity index (χ4n) is 4.36. The summed E-state index contributed by atoms with van der Waals surface area (Å²) < 4.78 is 54.2. The number of carboxylic acid groups (broad SMARTS) is 1. The van der Waals surface area contributed by atoms with Gasteiger partial charge in [-0.25, -0.2) is 22.0 Å². The molecule has 4 rings (SSSR count). The van der Waals surface area contributed by atoms with Gasteiger partial charge in [0.2, 0.25) is 0 Å². The summed E-state index contributed by atoms with van der Waals surface area (Å²) in [5.74, 6) is -3.23. The molecule has 8 heteroatoms. The minimum atomic E-state index is -4.10. The maximum Gasteiger partial charge on any atom is 0.335 e. The van der Waals surface area contributed by atoms with Gasteiger partial charge in [-0.15, -0.1) is 0 Å². The molecule has 1 unspecified atom stereocenters. The van der Waals surface area contributed by atoms with Gasteiger partial charge >= 0.3 is 5.97 Å². The number of hydrogen-bond donors (Lipinski definition) is 2. The number of sulfone groups is 1. The lowest BCUT2D eigenvalue weighted by atomic mass is 9.72. The van der Waals surface area contributed by atoms with Crippen LogP contribution in [0.25, 0.3) is 0 Å². The highest BCUT2D eigenvalue weighted by molar-refractivity contribution is 7.90. The van der Waals surface area contributed by atoms with Gasteiger partial charge in [-0.3, -0.25) is 0 Å². The first-order chi connectivity index (χ1) is 15.5. The number of fused-ring (bicyclic) bond motifs is 1. The van der Waals surface area contributed by atoms with E-state index in [9.17, 15) is 27.1 Å². The van der Waals surface area contributed by atoms with Crippen LogP contribution in [0.5, 0.6) is 0 Å². The Morgan fingerprint density at radius 2 is 1.79 bits per heavy atom. The Morgan fingerprint density at radius 3 is 2.48 bits per heavy atom. The van der Waals surface area contributed by atoms with Crippen molar-refractivity contribution in [3.05, 3.63) is 94.6 Å². The van der Waals surface area contributed by atoms with E-state index in [1.807, 2.05) is 13.8 Å². The zero-order chi connectivity index (χ0) is 24.0. The third-order valence-corrected chi connectivity index (χ3v) is 7.69. The lowest BCUT2D eigenvalue weighted by Crippen LogP contribution is -2.35. The first-order valence-corrected chi connectivity index (χ1v) is 12.0. The van der Waals surface area contributed by atoms with Crippen molar-refractivity contribution in [2.45, 2.75) is 37.0 Å². The molecule has 0 saturated carbocycles. The third-order valence-electron chi connectivity index (χ3n) is 6.00. The molecular formula is C25H23F2NO4S. The van der Waals surface area contributed by atoms with Gasteiger partial charge in [0.05, 0.1) is 17.4 Å². The van der Waals surface area contributed by atoms with Crippen molar-refractivity contribution in [2.24, 2.45) is 5.41 Å². The van der Waals surface area contributed by atoms with Crippen LogP contribution in [-0.4, -0.2) is 19.5 Å². The molecule has 0 radical (unpaired) electrons. The lowest BCUT2D eigenvalue weighted by molar-refractivity contribution is 0.0696. The van der Waals surface area contributed by atoms with Crippen molar-refractivity contribution in [3.63, 3.8) is 0 Å². The van der Waals surface area contributed by atoms with E-state index in [0.717, 1.165) is 17.3 Å². The Hall–Kier alpha value is -3.26. The number of rotatable bonds is 5. The molecular weight excluding hydrogens is 448 g/mol. The minimum Gasteiger partial charge on any atom is -0.478 e. The topological polar surface area (TPSA) is 83.5 Å². The van der Waals surface area contributed by atoms with Crippen LogP contribution in [-0.2, 0) is 22.0 Å². The second-order valence-corrected chi connectivity index (χ2v) is 10.9. The summed E-state index contributed by atoms with van der Waals surface area (Å²) in [4.78, 5) is 10.8. The maximum absolute atomic E-state index is 14.6. The Kier molecular flexibility index (Phi) is 5.74. The van der Waals surface area contributed by atoms with E-state index in [0.29, 0.717) is 12.0 Å². The molecule has 0 fully saturated rings. The predicted molar refractivity (Wildman–Crippen MR) is 121 cm³/mol. The summed E-state index contributed by atoms with van der Waals surface area (Å²) in [5, 5.41) is 12.7. The Balaban J connectivity index is 1.69. The molecule has 2 N–H and O–H groups in total. The molecule has 1 aliphatic heterocycles. The summed E-state index contributed by atoms with van der Waals surface area (Å²) in [6.07, 6.45) is 0.571. The highest BCUT2D eigenvalue weighted by atomic mass is 32.2. The Bertz CT molecular complexity index is 1350. The van der Waals surface area contributed by atoms with Crippen LogP contribution < -0.4 is 5.32 Å². The smallest absolute Gasteiger partial charge is 0.335 e. The molecule has 5 nitrogen and oxygen atoms in total. The van der Waals surface area contributed by atoms with E-state index >= 15 is 0 Å². The molecule has 0 aliphatic carbocycles. The average Bonchev–Trinajstić information content (AvgIpc) is 2.74. The monoisotopic (exact) mass is 471 g/mol. The molecule has 3 aromatic rings. The van der Waals surface area contributed by atoms with E-state index in [-0.39, 0.29) is 22.6 Å². The number of benzene rings is 3. The molecule has 0 spiro atoms. The van der Waals surface area contributed by atoms with Crippen molar-refractivity contribution in [1.82, 2.24) is 0 Å². The van der Waals surface area contributed by atoms with E-state index in [1.165, 1.54) is 36.4 Å². The number of aromatic carboxylic acids is 1. The highest BCUT2D eigenvalue weighted by Gasteiger charge is 2.36. The molecule has 1 atom stereocenters. The lowest BCUT2D eigenvalue weighted by Gasteiger charge is -2.41. The van der Waals surface area contributed by atoms with E-state index in [2.05, 4.69) is 5.32 Å². The standard InChI is InChI=1S/C25H23F2NO4S/c1-25(2)13-17-12-16(24(29)30)8-10-21(17)28-23(25)15-7-9-19(26)18(11-15)14-33(31,32)22-6-4-3-5-20(22)27/h3-12,23,28H,13-14H2,1-2H3,(H,29,30). The minimum absolute atomic E-state index is 0.0413. The van der Waals surface area contributed by atoms with Gasteiger partial charge in [-0.05, 0) is 65.4 Å². The van der Waals surface area contributed by atoms with Crippen molar-refractivity contribution >= 4 is 21.5 Å². The first kappa shape index (κ1) is 22.9. The van der Waals surface area contributed by atoms with Gasteiger partial charge in [-0.2, -0.15) is 0 Å². The molecule has 0 saturated heterocycles. The maximum atomic E-state index is 14.6. The molecule has 0 aromatic heterocycles. The number of halogens is 2. The van der Waals surface area contributed by atoms with Gasteiger partial charge in [0.25, 0.3) is 0 Å². The Morgan fingerprint density at radius 1 is 1.06 bits per heavy atom. The van der Waals surface area contributed by atoms with Gasteiger partial charge in [0.15, 0.2) is 9.84 Å². The number of carbonyl (C=O) groups is 1. The SMILES string of the molecule is CC1(C)Cc2cc(C(=O)O)ccc2NC1c1ccc(F)c(CS(=O)(=O)c2ccccc2F)c1. The molecule has 1 aliphatic rings. The second-order valence-electron chi connectivity index (χ2n) is 8.96. The van der Waals surface area contributed by atoms with Crippen LogP contribution in [0.2, 0.25) is 0 Å². The molecule has 0 bridgehead atoms. The van der Waals surface area contributed by atoms with Crippen molar-refractivity contribution in [3.8, 4) is 0 Å². The fourth-order valence-corrected chi connectivity index (χ4v) is 5.79. The summed E-state index contributed by atoms with van der Waals surface area (Å²) in [6, 6.07) is 13.9. The summed E-state index contributed by atoms with van der Waals surface area (Å²) >= 11 is 0. The molecule has 33 heavy (non-hydrogen) atoms. The predicted octanol–water partition coefficient (Wildman–Crippen LogP) is 5.37. The van der Waals surface area contributed by atoms with Crippen molar-refractivity contribution < 1.29 is 27.1 Å². The zero-order valence-corrected chi connectivity index (χ0v) is 18.9. The van der Waals surface area contributed by atoms with E-state index in [4.69, 9.17) is 0 Å². The molecule has 1 heterocycles. The van der Waals surface area contributed by atoms with Gasteiger partial charge in [0, 0.05) is 11.3 Å². The summed E-state index contributed by atoms with van der Waals surface area (Å²) in [7, 11) is -4.10. The summed E-state index contributed by atoms with van der Waals surface area (Å²) in [6.45, 7) is 4.00. The number of nitrogens with one attached hydrogen (secondary N) is 1. The van der Waals surface area contributed by atoms with Crippen LogP contribution in [0.4, 0.5) is 14.5 Å². The molecule has 3 aromatic carbocycles. The first-order valence-electron chi connectivity index (χ1n) is 10.4. The van der Waals surface area contributed by atoms with Crippen molar-refractivity contribution in [1.29, 1.82) is 0 Å². The highest BCUT2D eigenvalue weighted by Crippen LogP contribution is 2.45. The van der Waals surface area contributed by atoms with Crippen LogP contribution >= 0.6 is 0 Å². The van der Waals surface area contributed by atoms with Crippen molar-refractivity contribution in [2.75, 3.05) is 5.32 Å². The van der Waals surface area contributed by atoms with Crippen LogP contribution in [0.1, 0.15) is 46.9 Å². The zero-order valence-electron chi connectivity index (χ0n) is 18.1. The third kappa shape index (κ3) is 4.48. The number of carboxylic acids is 1. The molecule has 172 valence electrons. The largest absolute Gasteiger partial charge is 0.478 e. The van der Waals surface area contributed by atoms with Gasteiger partial charge in [-0.1, -0.05) is 32.0 Å². The van der Waals surface area contributed by atoms with Crippen LogP contribution in [0.3, 0.4) is 0 Å². The van der Waals surface area contributed by atoms with Gasteiger partial charge in [0.1, 0.15) is 16.5 Å². The second kappa shape index (κ2) is 8.26. The fraction of sp³-hybridized carbons (Fsp3) is 0.240. The van der Waals surface area contributed by atoms with Crippen LogP contribution in [0, 0.1) is 17.0 Å². The number of hydrogen-bond acceptors (Lipinski definition) is 4. The average molecular weight is 472 g/mol. The number of anilines is 1. The summed E-state index contributed by atoms with van der Waals surface area (Å²) in [5.41, 5.74) is 2.10. The van der Waals surface area contributed by atoms with E-state index in [1.54, 1.807) is 18.2 Å². The van der Waals surface area contributed by atoms with Crippen LogP contribution in [0.15, 0.2) is 65.6 Å². The Labute approximate surface area is 191 Å².